The van der Waals surface area contributed by atoms with E-state index < -0.39 is 5.97 Å². The molecule has 1 aliphatic rings. The number of hydrogen-bond acceptors (Lipinski definition) is 2. The number of amides is 1. The van der Waals surface area contributed by atoms with Gasteiger partial charge in [0, 0.05) is 24.6 Å². The van der Waals surface area contributed by atoms with Gasteiger partial charge < -0.3 is 5.11 Å². The molecule has 64 valence electrons. The zero-order valence-electron chi connectivity index (χ0n) is 6.43. The number of carbonyl (C=O) groups is 2. The van der Waals surface area contributed by atoms with Crippen LogP contribution in [-0.4, -0.2) is 23.2 Å². The molecule has 0 aromatic rings. The van der Waals surface area contributed by atoms with Gasteiger partial charge in [0.15, 0.2) is 0 Å². The normalized spacial score (nSPS) is 21.3. The summed E-state index contributed by atoms with van der Waals surface area (Å²) in [5, 5.41) is 8.36. The summed E-state index contributed by atoms with van der Waals surface area (Å²) in [7, 11) is 0. The third kappa shape index (κ3) is 2.65. The lowest BCUT2D eigenvalue weighted by Gasteiger charge is -2.06. The van der Waals surface area contributed by atoms with Crippen molar-refractivity contribution < 1.29 is 14.7 Å². The van der Waals surface area contributed by atoms with Gasteiger partial charge in [0.25, 0.3) is 5.91 Å². The van der Waals surface area contributed by atoms with Gasteiger partial charge in [0.1, 0.15) is 0 Å². The quantitative estimate of drug-likeness (QED) is 0.670. The molecular formula is C8H9NO3. The van der Waals surface area contributed by atoms with Crippen molar-refractivity contribution in [3.05, 3.63) is 12.2 Å². The number of nitrogens with zero attached hydrogens (tertiary/aromatic N) is 1. The van der Waals surface area contributed by atoms with Gasteiger partial charge in [-0.3, -0.25) is 9.59 Å². The van der Waals surface area contributed by atoms with E-state index in [1.807, 2.05) is 0 Å². The lowest BCUT2D eigenvalue weighted by molar-refractivity contribution is -0.137. The lowest BCUT2D eigenvalue weighted by Crippen LogP contribution is -2.08. The largest absolute Gasteiger partial charge is 0.481 e. The SMILES string of the molecule is O=C(O)CCC1C=CC(=O)N=C1. The molecular weight excluding hydrogens is 158 g/mol. The van der Waals surface area contributed by atoms with Gasteiger partial charge in [-0.2, -0.15) is 0 Å². The van der Waals surface area contributed by atoms with Crippen LogP contribution in [0.15, 0.2) is 17.1 Å². The molecule has 1 atom stereocenters. The van der Waals surface area contributed by atoms with Crippen LogP contribution in [0.25, 0.3) is 0 Å². The minimum atomic E-state index is -0.825. The number of carboxylic acid groups (broad SMARTS) is 1. The molecule has 0 bridgehead atoms. The smallest absolute Gasteiger partial charge is 0.303 e. The van der Waals surface area contributed by atoms with Crippen molar-refractivity contribution in [3.8, 4) is 0 Å². The summed E-state index contributed by atoms with van der Waals surface area (Å²) in [5.41, 5.74) is 0. The minimum absolute atomic E-state index is 0.00111. The molecule has 1 amide bonds. The molecule has 1 aliphatic heterocycles. The molecule has 1 rings (SSSR count). The van der Waals surface area contributed by atoms with Crippen LogP contribution in [0.1, 0.15) is 12.8 Å². The predicted molar refractivity (Wildman–Crippen MR) is 43.0 cm³/mol. The van der Waals surface area contributed by atoms with Gasteiger partial charge in [-0.1, -0.05) is 6.08 Å². The van der Waals surface area contributed by atoms with Crippen LogP contribution in [0, 0.1) is 5.92 Å². The first-order chi connectivity index (χ1) is 5.68. The minimum Gasteiger partial charge on any atom is -0.481 e. The Morgan fingerprint density at radius 3 is 2.92 bits per heavy atom. The number of rotatable bonds is 3. The van der Waals surface area contributed by atoms with Crippen LogP contribution < -0.4 is 0 Å². The van der Waals surface area contributed by atoms with Gasteiger partial charge in [0.2, 0.25) is 0 Å². The summed E-state index contributed by atoms with van der Waals surface area (Å²) >= 11 is 0. The Morgan fingerprint density at radius 2 is 2.42 bits per heavy atom. The maximum absolute atomic E-state index is 10.5. The Balaban J connectivity index is 2.36. The summed E-state index contributed by atoms with van der Waals surface area (Å²) in [6, 6.07) is 0. The van der Waals surface area contributed by atoms with E-state index in [1.165, 1.54) is 12.3 Å². The van der Waals surface area contributed by atoms with Crippen molar-refractivity contribution in [1.29, 1.82) is 0 Å². The molecule has 1 N–H and O–H groups in total. The molecule has 0 aromatic carbocycles. The van der Waals surface area contributed by atoms with Crippen molar-refractivity contribution in [2.24, 2.45) is 10.9 Å². The second kappa shape index (κ2) is 3.80. The zero-order valence-corrected chi connectivity index (χ0v) is 6.43. The standard InChI is InChI=1S/C8H9NO3/c10-7-3-1-6(5-9-7)2-4-8(11)12/h1,3,5-6H,2,4H2,(H,11,12). The van der Waals surface area contributed by atoms with E-state index >= 15 is 0 Å². The van der Waals surface area contributed by atoms with Crippen LogP contribution in [0.3, 0.4) is 0 Å². The molecule has 0 saturated heterocycles. The van der Waals surface area contributed by atoms with Crippen molar-refractivity contribution in [1.82, 2.24) is 0 Å². The molecule has 0 saturated carbocycles. The maximum atomic E-state index is 10.5. The highest BCUT2D eigenvalue weighted by atomic mass is 16.4. The van der Waals surface area contributed by atoms with Crippen LogP contribution >= 0.6 is 0 Å². The number of dihydropyridines is 1. The van der Waals surface area contributed by atoms with Crippen LogP contribution in [0.4, 0.5) is 0 Å². The average molecular weight is 167 g/mol. The number of carboxylic acids is 1. The Labute approximate surface area is 69.6 Å². The fourth-order valence-electron chi connectivity index (χ4n) is 0.929. The first kappa shape index (κ1) is 8.64. The van der Waals surface area contributed by atoms with E-state index in [2.05, 4.69) is 4.99 Å². The predicted octanol–water partition coefficient (Wildman–Crippen LogP) is 0.635. The number of hydrogen-bond donors (Lipinski definition) is 1. The maximum Gasteiger partial charge on any atom is 0.303 e. The van der Waals surface area contributed by atoms with E-state index in [4.69, 9.17) is 5.11 Å². The number of allylic oxidation sites excluding steroid dienone is 1. The van der Waals surface area contributed by atoms with Crippen molar-refractivity contribution >= 4 is 18.1 Å². The fraction of sp³-hybridized carbons (Fsp3) is 0.375. The summed E-state index contributed by atoms with van der Waals surface area (Å²) in [4.78, 5) is 24.3. The molecule has 4 nitrogen and oxygen atoms in total. The monoisotopic (exact) mass is 167 g/mol. The molecule has 1 unspecified atom stereocenters. The second-order valence-electron chi connectivity index (χ2n) is 2.57. The van der Waals surface area contributed by atoms with E-state index in [1.54, 1.807) is 6.08 Å². The highest BCUT2D eigenvalue weighted by Gasteiger charge is 2.09. The summed E-state index contributed by atoms with van der Waals surface area (Å²) < 4.78 is 0. The Bertz CT molecular complexity index is 239. The molecule has 1 heterocycles. The molecule has 0 radical (unpaired) electrons. The summed E-state index contributed by atoms with van der Waals surface area (Å²) in [6.45, 7) is 0. The third-order valence-electron chi connectivity index (χ3n) is 1.57. The van der Waals surface area contributed by atoms with Gasteiger partial charge >= 0.3 is 5.97 Å². The van der Waals surface area contributed by atoms with Crippen molar-refractivity contribution in [2.75, 3.05) is 0 Å². The molecule has 4 heteroatoms. The third-order valence-corrected chi connectivity index (χ3v) is 1.57. The Kier molecular flexibility index (Phi) is 2.74. The van der Waals surface area contributed by atoms with E-state index in [-0.39, 0.29) is 18.2 Å². The Hall–Kier alpha value is -1.45. The average Bonchev–Trinajstić information content (AvgIpc) is 2.03. The topological polar surface area (TPSA) is 66.7 Å². The van der Waals surface area contributed by atoms with Crippen LogP contribution in [0.5, 0.6) is 0 Å². The molecule has 0 aromatic heterocycles. The van der Waals surface area contributed by atoms with E-state index in [0.29, 0.717) is 6.42 Å². The van der Waals surface area contributed by atoms with Crippen molar-refractivity contribution in [2.45, 2.75) is 12.8 Å². The zero-order chi connectivity index (χ0) is 8.97. The number of aliphatic carboxylic acids is 1. The first-order valence-corrected chi connectivity index (χ1v) is 3.66. The first-order valence-electron chi connectivity index (χ1n) is 3.66. The van der Waals surface area contributed by atoms with Gasteiger partial charge in [0.05, 0.1) is 0 Å². The highest BCUT2D eigenvalue weighted by molar-refractivity contribution is 5.96. The van der Waals surface area contributed by atoms with Crippen LogP contribution in [-0.2, 0) is 9.59 Å². The van der Waals surface area contributed by atoms with Gasteiger partial charge in [-0.25, -0.2) is 4.99 Å². The van der Waals surface area contributed by atoms with E-state index in [9.17, 15) is 9.59 Å². The van der Waals surface area contributed by atoms with Gasteiger partial charge in [-0.05, 0) is 6.42 Å². The summed E-state index contributed by atoms with van der Waals surface area (Å²) in [5.74, 6) is -1.10. The summed E-state index contributed by atoms with van der Waals surface area (Å²) in [6.07, 6.45) is 5.15. The molecule has 0 fully saturated rings. The fourth-order valence-corrected chi connectivity index (χ4v) is 0.929. The van der Waals surface area contributed by atoms with E-state index in [0.717, 1.165) is 0 Å². The molecule has 0 spiro atoms. The number of aliphatic imine (C=N–C) groups is 1. The Morgan fingerprint density at radius 1 is 1.67 bits per heavy atom. The van der Waals surface area contributed by atoms with Crippen LogP contribution in [0.2, 0.25) is 0 Å². The molecule has 0 aliphatic carbocycles. The lowest BCUT2D eigenvalue weighted by atomic mass is 10.0. The number of carbonyl (C=O) groups excluding carboxylic acids is 1. The highest BCUT2D eigenvalue weighted by Crippen LogP contribution is 2.09. The second-order valence-corrected chi connectivity index (χ2v) is 2.57. The van der Waals surface area contributed by atoms with Crippen molar-refractivity contribution in [3.63, 3.8) is 0 Å². The van der Waals surface area contributed by atoms with Gasteiger partial charge in [-0.15, -0.1) is 0 Å². The molecule has 12 heavy (non-hydrogen) atoms.